The van der Waals surface area contributed by atoms with Crippen LogP contribution in [0.25, 0.3) is 0 Å². The van der Waals surface area contributed by atoms with Crippen LogP contribution in [0.4, 0.5) is 0 Å². The molecule has 0 atom stereocenters. The average Bonchev–Trinajstić information content (AvgIpc) is 2.62. The third-order valence-corrected chi connectivity index (χ3v) is 13.7. The summed E-state index contributed by atoms with van der Waals surface area (Å²) in [4.78, 5) is 2.49. The first-order valence-corrected chi connectivity index (χ1v) is 12.0. The van der Waals surface area contributed by atoms with E-state index < -0.39 is 13.3 Å². The molecular weight excluding hydrogens is 325 g/mol. The van der Waals surface area contributed by atoms with Crippen LogP contribution in [0, 0.1) is 0 Å². The predicted molar refractivity (Wildman–Crippen MR) is 98.8 cm³/mol. The molecule has 0 heterocycles. The molecule has 0 saturated carbocycles. The van der Waals surface area contributed by atoms with Crippen LogP contribution in [0.1, 0.15) is 6.92 Å². The molecule has 22 heavy (non-hydrogen) atoms. The molecule has 108 valence electrons. The summed E-state index contributed by atoms with van der Waals surface area (Å²) in [5, 5.41) is 0. The maximum atomic E-state index is 2.49. The van der Waals surface area contributed by atoms with E-state index in [1.165, 1.54) is 13.2 Å². The molecule has 0 aliphatic carbocycles. The second kappa shape index (κ2) is 6.80. The minimum absolute atomic E-state index is 1.47. The molecule has 0 bridgehead atoms. The Kier molecular flexibility index (Phi) is 4.60. The topological polar surface area (TPSA) is 0 Å². The maximum absolute atomic E-state index is 2.75. The predicted octanol–water partition coefficient (Wildman–Crippen LogP) is 3.27. The van der Waals surface area contributed by atoms with Gasteiger partial charge in [0.15, 0.2) is 0 Å². The Hall–Kier alpha value is -2.06. The zero-order valence-electron chi connectivity index (χ0n) is 12.8. The molecule has 0 amide bonds. The molecular formula is C21H20Ge. The van der Waals surface area contributed by atoms with E-state index in [1.807, 2.05) is 0 Å². The molecule has 0 fully saturated rings. The molecule has 0 aliphatic rings. The molecule has 0 aliphatic heterocycles. The van der Waals surface area contributed by atoms with Crippen LogP contribution in [-0.2, 0) is 0 Å². The van der Waals surface area contributed by atoms with Gasteiger partial charge in [-0.3, -0.25) is 0 Å². The van der Waals surface area contributed by atoms with Gasteiger partial charge in [0.1, 0.15) is 0 Å². The average molecular weight is 345 g/mol. The molecule has 0 N–H and O–H groups in total. The summed E-state index contributed by atoms with van der Waals surface area (Å²) in [7, 11) is 0. The summed E-state index contributed by atoms with van der Waals surface area (Å²) in [5.74, 6) is 0. The summed E-state index contributed by atoms with van der Waals surface area (Å²) in [5.41, 5.74) is 0. The van der Waals surface area contributed by atoms with E-state index in [9.17, 15) is 0 Å². The van der Waals surface area contributed by atoms with Crippen LogP contribution < -0.4 is 13.2 Å². The quantitative estimate of drug-likeness (QED) is 0.637. The van der Waals surface area contributed by atoms with Gasteiger partial charge in [0.05, 0.1) is 0 Å². The normalized spacial score (nSPS) is 11.7. The van der Waals surface area contributed by atoms with E-state index in [0.29, 0.717) is 0 Å². The molecule has 3 aromatic rings. The fourth-order valence-electron chi connectivity index (χ4n) is 3.14. The Labute approximate surface area is 135 Å². The van der Waals surface area contributed by atoms with Crippen molar-refractivity contribution in [2.24, 2.45) is 0 Å². The Balaban J connectivity index is 2.34. The fraction of sp³-hybridized carbons (Fsp3) is 0.0476. The molecule has 0 nitrogen and oxygen atoms in total. The van der Waals surface area contributed by atoms with Crippen molar-refractivity contribution >= 4 is 26.5 Å². The summed E-state index contributed by atoms with van der Waals surface area (Å²) in [6, 6.07) is 33.0. The van der Waals surface area contributed by atoms with Gasteiger partial charge >= 0.3 is 135 Å². The van der Waals surface area contributed by atoms with Gasteiger partial charge in [-0.2, -0.15) is 0 Å². The summed E-state index contributed by atoms with van der Waals surface area (Å²) in [6.45, 7) is 2.13. The van der Waals surface area contributed by atoms with E-state index in [1.54, 1.807) is 0 Å². The summed E-state index contributed by atoms with van der Waals surface area (Å²) < 4.78 is 4.41. The van der Waals surface area contributed by atoms with Crippen molar-refractivity contribution in [3.8, 4) is 0 Å². The van der Waals surface area contributed by atoms with Crippen molar-refractivity contribution in [1.29, 1.82) is 0 Å². The zero-order chi connectivity index (χ0) is 15.3. The van der Waals surface area contributed by atoms with E-state index in [0.717, 1.165) is 0 Å². The van der Waals surface area contributed by atoms with Gasteiger partial charge in [-0.1, -0.05) is 0 Å². The van der Waals surface area contributed by atoms with Gasteiger partial charge in [-0.25, -0.2) is 0 Å². The second-order valence-electron chi connectivity index (χ2n) is 5.41. The SMILES string of the molecule is C/C=[CH]/[Ge]([c]1ccccc1)([c]1ccccc1)[c]1ccccc1. The number of allylic oxidation sites excluding steroid dienone is 1. The fourth-order valence-corrected chi connectivity index (χ4v) is 12.0. The third kappa shape index (κ3) is 2.67. The number of rotatable bonds is 4. The van der Waals surface area contributed by atoms with Crippen LogP contribution in [0.3, 0.4) is 0 Å². The minimum atomic E-state index is -2.75. The van der Waals surface area contributed by atoms with Crippen molar-refractivity contribution in [3.63, 3.8) is 0 Å². The Bertz CT molecular complexity index is 634. The molecule has 0 aromatic heterocycles. The van der Waals surface area contributed by atoms with Crippen LogP contribution in [0.5, 0.6) is 0 Å². The van der Waals surface area contributed by atoms with Gasteiger partial charge in [-0.15, -0.1) is 0 Å². The van der Waals surface area contributed by atoms with Crippen molar-refractivity contribution in [3.05, 3.63) is 102 Å². The van der Waals surface area contributed by atoms with Gasteiger partial charge in [0.25, 0.3) is 0 Å². The van der Waals surface area contributed by atoms with E-state index >= 15 is 0 Å². The number of hydrogen-bond donors (Lipinski definition) is 0. The molecule has 0 radical (unpaired) electrons. The van der Waals surface area contributed by atoms with Crippen molar-refractivity contribution < 1.29 is 0 Å². The van der Waals surface area contributed by atoms with E-state index in [2.05, 4.69) is 109 Å². The summed E-state index contributed by atoms with van der Waals surface area (Å²) in [6.07, 6.45) is 2.23. The first kappa shape index (κ1) is 14.9. The van der Waals surface area contributed by atoms with Gasteiger partial charge in [-0.05, 0) is 0 Å². The Morgan fingerprint density at radius 3 is 1.14 bits per heavy atom. The molecule has 0 unspecified atom stereocenters. The standard InChI is InChI=1S/C21H20Ge/c1-2-18-22(19-12-6-3-7-13-19,20-14-8-4-9-15-20)21-16-10-5-11-17-21/h2-18H,1H3/b18-2+. The van der Waals surface area contributed by atoms with Crippen molar-refractivity contribution in [2.75, 3.05) is 0 Å². The van der Waals surface area contributed by atoms with Gasteiger partial charge < -0.3 is 0 Å². The van der Waals surface area contributed by atoms with Gasteiger partial charge in [0.2, 0.25) is 0 Å². The van der Waals surface area contributed by atoms with Crippen molar-refractivity contribution in [1.82, 2.24) is 0 Å². The molecule has 1 heteroatoms. The van der Waals surface area contributed by atoms with Crippen LogP contribution in [0.15, 0.2) is 102 Å². The van der Waals surface area contributed by atoms with Gasteiger partial charge in [0, 0.05) is 0 Å². The second-order valence-corrected chi connectivity index (χ2v) is 13.1. The van der Waals surface area contributed by atoms with Crippen LogP contribution >= 0.6 is 0 Å². The number of hydrogen-bond acceptors (Lipinski definition) is 0. The summed E-state index contributed by atoms with van der Waals surface area (Å²) >= 11 is -2.75. The first-order chi connectivity index (χ1) is 10.9. The monoisotopic (exact) mass is 346 g/mol. The molecule has 0 spiro atoms. The zero-order valence-corrected chi connectivity index (χ0v) is 14.9. The third-order valence-electron chi connectivity index (χ3n) is 4.10. The van der Waals surface area contributed by atoms with E-state index in [-0.39, 0.29) is 0 Å². The molecule has 3 aromatic carbocycles. The molecule has 3 rings (SSSR count). The Morgan fingerprint density at radius 1 is 0.545 bits per heavy atom. The van der Waals surface area contributed by atoms with Crippen molar-refractivity contribution in [2.45, 2.75) is 6.92 Å². The van der Waals surface area contributed by atoms with Crippen LogP contribution in [-0.4, -0.2) is 13.3 Å². The number of benzene rings is 3. The van der Waals surface area contributed by atoms with Crippen LogP contribution in [0.2, 0.25) is 0 Å². The molecule has 0 saturated heterocycles. The first-order valence-electron chi connectivity index (χ1n) is 7.68. The van der Waals surface area contributed by atoms with E-state index in [4.69, 9.17) is 0 Å². The Morgan fingerprint density at radius 2 is 0.864 bits per heavy atom.